The molecule has 3 aromatic heterocycles. The Bertz CT molecular complexity index is 1120. The number of fused-ring (bicyclic) bond motifs is 1. The summed E-state index contributed by atoms with van der Waals surface area (Å²) in [4.78, 5) is 25.6. The van der Waals surface area contributed by atoms with Crippen molar-refractivity contribution in [1.82, 2.24) is 24.6 Å². The second-order valence-electron chi connectivity index (χ2n) is 6.42. The molecule has 5 rings (SSSR count). The molecule has 4 heterocycles. The van der Waals surface area contributed by atoms with Crippen molar-refractivity contribution in [3.05, 3.63) is 55.1 Å². The van der Waals surface area contributed by atoms with Gasteiger partial charge in [0.1, 0.15) is 18.2 Å². The highest BCUT2D eigenvalue weighted by molar-refractivity contribution is 5.90. The molecule has 4 aromatic rings. The van der Waals surface area contributed by atoms with Crippen LogP contribution in [0.15, 0.2) is 55.1 Å². The predicted molar refractivity (Wildman–Crippen MR) is 99.3 cm³/mol. The van der Waals surface area contributed by atoms with E-state index >= 15 is 0 Å². The first-order valence-corrected chi connectivity index (χ1v) is 8.61. The number of ether oxygens (including phenoxy) is 1. The zero-order valence-electron chi connectivity index (χ0n) is 14.5. The zero-order chi connectivity index (χ0) is 18.4. The molecule has 1 amide bonds. The number of imidazole rings is 1. The summed E-state index contributed by atoms with van der Waals surface area (Å²) in [7, 11) is 0. The van der Waals surface area contributed by atoms with Crippen molar-refractivity contribution < 1.29 is 9.53 Å². The number of carbonyl (C=O) groups excluding carboxylic acids is 1. The van der Waals surface area contributed by atoms with Crippen LogP contribution in [0.1, 0.15) is 6.92 Å². The number of nitrogens with zero attached hydrogens (tertiary/aromatic N) is 5. The van der Waals surface area contributed by atoms with E-state index in [9.17, 15) is 4.79 Å². The zero-order valence-corrected chi connectivity index (χ0v) is 14.5. The topological polar surface area (TPSA) is 88.4 Å². The van der Waals surface area contributed by atoms with E-state index in [0.29, 0.717) is 18.1 Å². The first-order chi connectivity index (χ1) is 13.2. The molecular weight excluding hydrogens is 344 g/mol. The maximum Gasteiger partial charge on any atom is 0.415 e. The van der Waals surface area contributed by atoms with Gasteiger partial charge in [0, 0.05) is 29.7 Å². The lowest BCUT2D eigenvalue weighted by Crippen LogP contribution is -2.31. The first kappa shape index (κ1) is 15.6. The molecule has 1 N–H and O–H groups in total. The van der Waals surface area contributed by atoms with Crippen molar-refractivity contribution in [3.63, 3.8) is 0 Å². The van der Waals surface area contributed by atoms with Crippen LogP contribution in [0.3, 0.4) is 0 Å². The van der Waals surface area contributed by atoms with Crippen LogP contribution in [0, 0.1) is 0 Å². The highest BCUT2D eigenvalue weighted by atomic mass is 16.6. The van der Waals surface area contributed by atoms with Crippen molar-refractivity contribution in [2.45, 2.75) is 13.0 Å². The molecule has 134 valence electrons. The summed E-state index contributed by atoms with van der Waals surface area (Å²) >= 11 is 0. The number of aromatic nitrogens is 5. The third-order valence-corrected chi connectivity index (χ3v) is 4.65. The smallest absolute Gasteiger partial charge is 0.415 e. The summed E-state index contributed by atoms with van der Waals surface area (Å²) in [6.07, 6.45) is 6.73. The van der Waals surface area contributed by atoms with Gasteiger partial charge >= 0.3 is 6.09 Å². The van der Waals surface area contributed by atoms with Crippen LogP contribution in [0.2, 0.25) is 0 Å². The summed E-state index contributed by atoms with van der Waals surface area (Å²) in [5.74, 6) is 1.38. The van der Waals surface area contributed by atoms with E-state index in [1.54, 1.807) is 40.3 Å². The summed E-state index contributed by atoms with van der Waals surface area (Å²) < 4.78 is 6.80. The molecule has 8 nitrogen and oxygen atoms in total. The number of cyclic esters (lactones) is 1. The van der Waals surface area contributed by atoms with E-state index in [1.165, 1.54) is 0 Å². The minimum Gasteiger partial charge on any atom is -0.447 e. The van der Waals surface area contributed by atoms with Gasteiger partial charge in [0.15, 0.2) is 5.65 Å². The van der Waals surface area contributed by atoms with Crippen molar-refractivity contribution in [2.75, 3.05) is 11.5 Å². The van der Waals surface area contributed by atoms with Crippen LogP contribution in [0.25, 0.3) is 28.2 Å². The molecule has 27 heavy (non-hydrogen) atoms. The molecule has 1 unspecified atom stereocenters. The van der Waals surface area contributed by atoms with E-state index in [2.05, 4.69) is 20.1 Å². The fraction of sp³-hybridized carbons (Fsp3) is 0.158. The van der Waals surface area contributed by atoms with Gasteiger partial charge < -0.3 is 9.72 Å². The Labute approximate surface area is 154 Å². The fourth-order valence-electron chi connectivity index (χ4n) is 3.26. The molecule has 1 aliphatic heterocycles. The summed E-state index contributed by atoms with van der Waals surface area (Å²) in [6, 6.07) is 9.74. The van der Waals surface area contributed by atoms with Crippen molar-refractivity contribution >= 4 is 17.6 Å². The lowest BCUT2D eigenvalue weighted by molar-refractivity contribution is 0.179. The molecule has 0 spiro atoms. The number of anilines is 1. The van der Waals surface area contributed by atoms with E-state index in [0.717, 1.165) is 22.5 Å². The number of aromatic amines is 1. The van der Waals surface area contributed by atoms with Gasteiger partial charge in [-0.2, -0.15) is 5.10 Å². The van der Waals surface area contributed by atoms with Gasteiger partial charge in [-0.15, -0.1) is 0 Å². The summed E-state index contributed by atoms with van der Waals surface area (Å²) in [5, 5.41) is 4.37. The maximum atomic E-state index is 12.0. The minimum atomic E-state index is -0.372. The molecule has 1 atom stereocenters. The summed E-state index contributed by atoms with van der Waals surface area (Å²) in [5.41, 5.74) is 3.57. The summed E-state index contributed by atoms with van der Waals surface area (Å²) in [6.45, 7) is 2.30. The molecule has 1 saturated heterocycles. The average Bonchev–Trinajstić information content (AvgIpc) is 3.42. The Kier molecular flexibility index (Phi) is 3.43. The number of H-pyrrole nitrogens is 1. The Morgan fingerprint density at radius 1 is 1.19 bits per heavy atom. The molecule has 8 heteroatoms. The molecular formula is C19H16N6O2. The fourth-order valence-corrected chi connectivity index (χ4v) is 3.26. The van der Waals surface area contributed by atoms with Gasteiger partial charge in [0.2, 0.25) is 0 Å². The number of amides is 1. The van der Waals surface area contributed by atoms with Gasteiger partial charge in [0.25, 0.3) is 0 Å². The molecule has 1 fully saturated rings. The van der Waals surface area contributed by atoms with Crippen molar-refractivity contribution in [1.29, 1.82) is 0 Å². The normalized spacial score (nSPS) is 16.9. The number of hydrogen-bond acceptors (Lipinski definition) is 5. The highest BCUT2D eigenvalue weighted by Gasteiger charge is 2.32. The monoisotopic (exact) mass is 360 g/mol. The Morgan fingerprint density at radius 3 is 2.70 bits per heavy atom. The molecule has 1 aliphatic rings. The molecule has 1 aromatic carbocycles. The van der Waals surface area contributed by atoms with E-state index in [4.69, 9.17) is 4.74 Å². The predicted octanol–water partition coefficient (Wildman–Crippen LogP) is 3.13. The van der Waals surface area contributed by atoms with E-state index in [1.807, 2.05) is 31.2 Å². The standard InChI is InChI=1S/C19H16N6O2/c1-12-11-27-19(26)25(12)16-6-9-24-18(23-16)15(10-22-24)13-2-4-14(5-3-13)17-20-7-8-21-17/h2-10,12H,11H2,1H3,(H,20,21). The maximum absolute atomic E-state index is 12.0. The third kappa shape index (κ3) is 2.53. The SMILES string of the molecule is CC1COC(=O)N1c1ccn2ncc(-c3ccc(-c4ncc[nH]4)cc3)c2n1. The highest BCUT2D eigenvalue weighted by Crippen LogP contribution is 2.28. The Balaban J connectivity index is 1.55. The number of carbonyl (C=O) groups is 1. The number of nitrogens with one attached hydrogen (secondary N) is 1. The van der Waals surface area contributed by atoms with Crippen molar-refractivity contribution in [3.8, 4) is 22.5 Å². The Morgan fingerprint density at radius 2 is 2.00 bits per heavy atom. The van der Waals surface area contributed by atoms with Crippen LogP contribution in [-0.2, 0) is 4.74 Å². The third-order valence-electron chi connectivity index (χ3n) is 4.65. The molecule has 0 saturated carbocycles. The largest absolute Gasteiger partial charge is 0.447 e. The van der Waals surface area contributed by atoms with Crippen molar-refractivity contribution in [2.24, 2.45) is 0 Å². The Hall–Kier alpha value is -3.68. The van der Waals surface area contributed by atoms with Crippen LogP contribution in [0.5, 0.6) is 0 Å². The van der Waals surface area contributed by atoms with Gasteiger partial charge in [-0.1, -0.05) is 24.3 Å². The van der Waals surface area contributed by atoms with Crippen LogP contribution in [0.4, 0.5) is 10.6 Å². The van der Waals surface area contributed by atoms with Crippen LogP contribution < -0.4 is 4.90 Å². The second-order valence-corrected chi connectivity index (χ2v) is 6.42. The lowest BCUT2D eigenvalue weighted by atomic mass is 10.1. The molecule has 0 radical (unpaired) electrons. The van der Waals surface area contributed by atoms with Crippen LogP contribution in [-0.4, -0.2) is 43.3 Å². The van der Waals surface area contributed by atoms with E-state index < -0.39 is 0 Å². The first-order valence-electron chi connectivity index (χ1n) is 8.61. The van der Waals surface area contributed by atoms with Gasteiger partial charge in [-0.05, 0) is 18.6 Å². The second kappa shape index (κ2) is 5.94. The lowest BCUT2D eigenvalue weighted by Gasteiger charge is -2.16. The number of rotatable bonds is 3. The number of benzene rings is 1. The quantitative estimate of drug-likeness (QED) is 0.606. The van der Waals surface area contributed by atoms with Gasteiger partial charge in [-0.25, -0.2) is 19.3 Å². The van der Waals surface area contributed by atoms with E-state index in [-0.39, 0.29) is 12.1 Å². The number of hydrogen-bond donors (Lipinski definition) is 1. The average molecular weight is 360 g/mol. The molecule has 0 aliphatic carbocycles. The molecule has 0 bridgehead atoms. The van der Waals surface area contributed by atoms with Crippen LogP contribution >= 0.6 is 0 Å². The van der Waals surface area contributed by atoms with Gasteiger partial charge in [0.05, 0.1) is 12.2 Å². The van der Waals surface area contributed by atoms with Gasteiger partial charge in [-0.3, -0.25) is 4.90 Å². The minimum absolute atomic E-state index is 0.0496.